The van der Waals surface area contributed by atoms with Crippen molar-refractivity contribution in [2.75, 3.05) is 12.3 Å². The zero-order valence-corrected chi connectivity index (χ0v) is 14.1. The lowest BCUT2D eigenvalue weighted by Crippen LogP contribution is -2.26. The van der Waals surface area contributed by atoms with Crippen molar-refractivity contribution in [3.05, 3.63) is 30.1 Å². The first-order valence-electron chi connectivity index (χ1n) is 7.83. The second-order valence-electron chi connectivity index (χ2n) is 5.29. The van der Waals surface area contributed by atoms with E-state index in [0.29, 0.717) is 5.75 Å². The molecular formula is C17H23N3OS. The molecule has 0 saturated heterocycles. The number of hydrogen-bond donors (Lipinski definition) is 1. The molecule has 0 bridgehead atoms. The molecule has 0 saturated carbocycles. The van der Waals surface area contributed by atoms with Gasteiger partial charge >= 0.3 is 0 Å². The number of nitrogens with zero attached hydrogens (tertiary/aromatic N) is 2. The minimum absolute atomic E-state index is 0.0712. The monoisotopic (exact) mass is 317 g/mol. The smallest absolute Gasteiger partial charge is 0.230 e. The van der Waals surface area contributed by atoms with Crippen molar-refractivity contribution in [2.24, 2.45) is 0 Å². The molecule has 0 aliphatic carbocycles. The minimum Gasteiger partial charge on any atom is -0.355 e. The van der Waals surface area contributed by atoms with E-state index in [4.69, 9.17) is 0 Å². The number of benzene rings is 1. The van der Waals surface area contributed by atoms with Crippen LogP contribution >= 0.6 is 11.8 Å². The van der Waals surface area contributed by atoms with Gasteiger partial charge in [0, 0.05) is 11.9 Å². The summed E-state index contributed by atoms with van der Waals surface area (Å²) in [5, 5.41) is 4.86. The van der Waals surface area contributed by atoms with Gasteiger partial charge in [0.2, 0.25) is 5.91 Å². The lowest BCUT2D eigenvalue weighted by Gasteiger charge is -2.07. The topological polar surface area (TPSA) is 54.9 Å². The van der Waals surface area contributed by atoms with Gasteiger partial charge in [-0.25, -0.2) is 9.97 Å². The maximum Gasteiger partial charge on any atom is 0.230 e. The zero-order valence-electron chi connectivity index (χ0n) is 13.3. The van der Waals surface area contributed by atoms with Crippen LogP contribution in [-0.2, 0) is 4.79 Å². The molecule has 1 aromatic heterocycles. The molecule has 2 rings (SSSR count). The summed E-state index contributed by atoms with van der Waals surface area (Å²) in [6.45, 7) is 4.83. The summed E-state index contributed by atoms with van der Waals surface area (Å²) in [5.41, 5.74) is 0.928. The molecule has 22 heavy (non-hydrogen) atoms. The predicted octanol–water partition coefficient (Wildman–Crippen LogP) is 3.73. The van der Waals surface area contributed by atoms with Crippen LogP contribution in [0.4, 0.5) is 0 Å². The molecule has 1 heterocycles. The van der Waals surface area contributed by atoms with E-state index in [-0.39, 0.29) is 5.91 Å². The van der Waals surface area contributed by atoms with E-state index in [9.17, 15) is 4.79 Å². The Morgan fingerprint density at radius 1 is 1.18 bits per heavy atom. The zero-order chi connectivity index (χ0) is 15.8. The van der Waals surface area contributed by atoms with E-state index in [1.54, 1.807) is 0 Å². The average Bonchev–Trinajstić information content (AvgIpc) is 2.52. The number of unbranched alkanes of at least 4 members (excludes halogenated alkanes) is 3. The van der Waals surface area contributed by atoms with Crippen LogP contribution in [0.25, 0.3) is 10.9 Å². The first kappa shape index (κ1) is 16.7. The first-order chi connectivity index (χ1) is 10.7. The maximum absolute atomic E-state index is 11.9. The Labute approximate surface area is 136 Å². The summed E-state index contributed by atoms with van der Waals surface area (Å²) in [6, 6.07) is 7.91. The number of amides is 1. The maximum atomic E-state index is 11.9. The molecule has 5 heteroatoms. The standard InChI is InChI=1S/C17H23N3OS/c1-3-4-5-8-11-18-16(21)12-22-17-14-9-6-7-10-15(14)19-13(2)20-17/h6-7,9-10H,3-5,8,11-12H2,1-2H3,(H,18,21). The van der Waals surface area contributed by atoms with Crippen LogP contribution < -0.4 is 5.32 Å². The number of thioether (sulfide) groups is 1. The summed E-state index contributed by atoms with van der Waals surface area (Å²) in [5.74, 6) is 1.21. The Morgan fingerprint density at radius 2 is 2.00 bits per heavy atom. The van der Waals surface area contributed by atoms with Crippen molar-refractivity contribution in [3.8, 4) is 0 Å². The van der Waals surface area contributed by atoms with Gasteiger partial charge in [-0.15, -0.1) is 0 Å². The van der Waals surface area contributed by atoms with Crippen molar-refractivity contribution in [1.29, 1.82) is 0 Å². The Morgan fingerprint density at radius 3 is 2.82 bits per heavy atom. The van der Waals surface area contributed by atoms with Crippen molar-refractivity contribution in [1.82, 2.24) is 15.3 Å². The van der Waals surface area contributed by atoms with E-state index < -0.39 is 0 Å². The van der Waals surface area contributed by atoms with Crippen LogP contribution in [0.15, 0.2) is 29.3 Å². The minimum atomic E-state index is 0.0712. The fourth-order valence-corrected chi connectivity index (χ4v) is 3.13. The van der Waals surface area contributed by atoms with Crippen molar-refractivity contribution in [2.45, 2.75) is 44.6 Å². The summed E-state index contributed by atoms with van der Waals surface area (Å²) < 4.78 is 0. The summed E-state index contributed by atoms with van der Waals surface area (Å²) in [4.78, 5) is 20.8. The summed E-state index contributed by atoms with van der Waals surface area (Å²) >= 11 is 1.48. The molecule has 0 aliphatic heterocycles. The van der Waals surface area contributed by atoms with Gasteiger partial charge in [-0.05, 0) is 19.4 Å². The molecule has 0 radical (unpaired) electrons. The molecule has 0 atom stereocenters. The largest absolute Gasteiger partial charge is 0.355 e. The number of rotatable bonds is 8. The predicted molar refractivity (Wildman–Crippen MR) is 92.2 cm³/mol. The van der Waals surface area contributed by atoms with E-state index >= 15 is 0 Å². The molecule has 4 nitrogen and oxygen atoms in total. The number of hydrogen-bond acceptors (Lipinski definition) is 4. The number of aryl methyl sites for hydroxylation is 1. The molecule has 0 fully saturated rings. The van der Waals surface area contributed by atoms with Crippen LogP contribution in [0.1, 0.15) is 38.4 Å². The highest BCUT2D eigenvalue weighted by molar-refractivity contribution is 8.00. The third kappa shape index (κ3) is 4.98. The van der Waals surface area contributed by atoms with Gasteiger partial charge in [-0.2, -0.15) is 0 Å². The average molecular weight is 317 g/mol. The lowest BCUT2D eigenvalue weighted by molar-refractivity contribution is -0.118. The van der Waals surface area contributed by atoms with Gasteiger partial charge in [0.15, 0.2) is 0 Å². The summed E-state index contributed by atoms with van der Waals surface area (Å²) in [6.07, 6.45) is 4.68. The highest BCUT2D eigenvalue weighted by Crippen LogP contribution is 2.24. The fourth-order valence-electron chi connectivity index (χ4n) is 2.23. The van der Waals surface area contributed by atoms with Crippen LogP contribution in [0.5, 0.6) is 0 Å². The van der Waals surface area contributed by atoms with Crippen molar-refractivity contribution in [3.63, 3.8) is 0 Å². The first-order valence-corrected chi connectivity index (χ1v) is 8.82. The Balaban J connectivity index is 1.87. The third-order valence-corrected chi connectivity index (χ3v) is 4.36. The molecule has 0 aliphatic rings. The Kier molecular flexibility index (Phi) is 6.65. The number of carbonyl (C=O) groups excluding carboxylic acids is 1. The van der Waals surface area contributed by atoms with Crippen LogP contribution in [0.3, 0.4) is 0 Å². The number of para-hydroxylation sites is 1. The van der Waals surface area contributed by atoms with Gasteiger partial charge in [-0.1, -0.05) is 56.1 Å². The molecule has 118 valence electrons. The summed E-state index contributed by atoms with van der Waals surface area (Å²) in [7, 11) is 0. The molecule has 0 spiro atoms. The van der Waals surface area contributed by atoms with Gasteiger partial charge in [0.1, 0.15) is 10.9 Å². The van der Waals surface area contributed by atoms with Crippen LogP contribution in [-0.4, -0.2) is 28.2 Å². The quantitative estimate of drug-likeness (QED) is 0.458. The SMILES string of the molecule is CCCCCCNC(=O)CSc1nc(C)nc2ccccc12. The molecule has 0 unspecified atom stereocenters. The second kappa shape index (κ2) is 8.73. The van der Waals surface area contributed by atoms with Gasteiger partial charge in [0.25, 0.3) is 0 Å². The van der Waals surface area contributed by atoms with Crippen LogP contribution in [0, 0.1) is 6.92 Å². The van der Waals surface area contributed by atoms with Crippen molar-refractivity contribution >= 4 is 28.6 Å². The van der Waals surface area contributed by atoms with Gasteiger partial charge in [-0.3, -0.25) is 4.79 Å². The van der Waals surface area contributed by atoms with E-state index in [0.717, 1.165) is 34.7 Å². The van der Waals surface area contributed by atoms with E-state index in [1.807, 2.05) is 31.2 Å². The van der Waals surface area contributed by atoms with E-state index in [1.165, 1.54) is 31.0 Å². The molecule has 1 amide bonds. The molecular weight excluding hydrogens is 294 g/mol. The highest BCUT2D eigenvalue weighted by Gasteiger charge is 2.08. The number of nitrogens with one attached hydrogen (secondary N) is 1. The van der Waals surface area contributed by atoms with Gasteiger partial charge in [0.05, 0.1) is 11.3 Å². The number of carbonyl (C=O) groups is 1. The fraction of sp³-hybridized carbons (Fsp3) is 0.471. The Bertz CT molecular complexity index is 630. The van der Waals surface area contributed by atoms with E-state index in [2.05, 4.69) is 22.2 Å². The molecule has 1 aromatic carbocycles. The van der Waals surface area contributed by atoms with Gasteiger partial charge < -0.3 is 5.32 Å². The molecule has 1 N–H and O–H groups in total. The Hall–Kier alpha value is -1.62. The normalized spacial score (nSPS) is 10.8. The highest BCUT2D eigenvalue weighted by atomic mass is 32.2. The third-order valence-electron chi connectivity index (χ3n) is 3.37. The lowest BCUT2D eigenvalue weighted by atomic mass is 10.2. The van der Waals surface area contributed by atoms with Crippen LogP contribution in [0.2, 0.25) is 0 Å². The second-order valence-corrected chi connectivity index (χ2v) is 6.26. The van der Waals surface area contributed by atoms with Crippen molar-refractivity contribution < 1.29 is 4.79 Å². The number of aromatic nitrogens is 2. The number of fused-ring (bicyclic) bond motifs is 1. The molecule has 2 aromatic rings.